The smallest absolute Gasteiger partial charge is 0.150 e. The van der Waals surface area contributed by atoms with E-state index in [1.807, 2.05) is 0 Å². The topological polar surface area (TPSA) is 72.2 Å². The van der Waals surface area contributed by atoms with E-state index in [1.165, 1.54) is 6.26 Å². The minimum absolute atomic E-state index is 0.183. The Morgan fingerprint density at radius 3 is 2.05 bits per heavy atom. The Balaban J connectivity index is 2.88. The maximum Gasteiger partial charge on any atom is 0.150 e. The van der Waals surface area contributed by atoms with Gasteiger partial charge in [0.05, 0.1) is 5.25 Å². The summed E-state index contributed by atoms with van der Waals surface area (Å²) in [5.74, 6) is 7.75. The summed E-state index contributed by atoms with van der Waals surface area (Å²) < 4.78 is 23.7. The van der Waals surface area contributed by atoms with Crippen molar-refractivity contribution in [3.63, 3.8) is 0 Å². The van der Waals surface area contributed by atoms with Gasteiger partial charge in [-0.25, -0.2) is 8.42 Å². The van der Waals surface area contributed by atoms with Crippen LogP contribution >= 0.6 is 0 Å². The lowest BCUT2D eigenvalue weighted by Gasteiger charge is -2.41. The molecule has 120 valence electrons. The molecule has 20 heavy (non-hydrogen) atoms. The van der Waals surface area contributed by atoms with Gasteiger partial charge in [0.15, 0.2) is 0 Å². The number of nitrogens with one attached hydrogen (secondary N) is 1. The molecule has 1 saturated carbocycles. The molecule has 0 saturated heterocycles. The molecule has 1 rings (SSSR count). The van der Waals surface area contributed by atoms with Crippen molar-refractivity contribution in [2.24, 2.45) is 29.5 Å². The van der Waals surface area contributed by atoms with Gasteiger partial charge >= 0.3 is 0 Å². The Morgan fingerprint density at radius 1 is 1.10 bits per heavy atom. The summed E-state index contributed by atoms with van der Waals surface area (Å²) in [6.07, 6.45) is 5.00. The molecule has 0 heterocycles. The average Bonchev–Trinajstić information content (AvgIpc) is 2.33. The van der Waals surface area contributed by atoms with Crippen LogP contribution in [0, 0.1) is 23.7 Å². The molecule has 0 spiro atoms. The largest absolute Gasteiger partial charge is 0.271 e. The molecular formula is C15H32N2O2S. The van der Waals surface area contributed by atoms with Crippen molar-refractivity contribution in [3.8, 4) is 0 Å². The highest BCUT2D eigenvalue weighted by Crippen LogP contribution is 2.36. The van der Waals surface area contributed by atoms with Crippen LogP contribution in [-0.4, -0.2) is 26.0 Å². The second kappa shape index (κ2) is 7.23. The average molecular weight is 304 g/mol. The summed E-state index contributed by atoms with van der Waals surface area (Å²) >= 11 is 0. The Hall–Kier alpha value is -0.130. The second-order valence-electron chi connectivity index (χ2n) is 7.14. The molecule has 5 heteroatoms. The highest BCUT2D eigenvalue weighted by molar-refractivity contribution is 7.91. The van der Waals surface area contributed by atoms with E-state index in [2.05, 4.69) is 33.1 Å². The third kappa shape index (κ3) is 4.43. The van der Waals surface area contributed by atoms with E-state index in [0.717, 1.165) is 25.7 Å². The summed E-state index contributed by atoms with van der Waals surface area (Å²) in [5, 5.41) is -0.183. The van der Waals surface area contributed by atoms with Gasteiger partial charge in [-0.15, -0.1) is 0 Å². The zero-order valence-electron chi connectivity index (χ0n) is 13.6. The molecule has 3 atom stereocenters. The molecule has 0 aliphatic heterocycles. The highest BCUT2D eigenvalue weighted by atomic mass is 32.2. The van der Waals surface area contributed by atoms with E-state index in [-0.39, 0.29) is 11.3 Å². The SMILES string of the molecule is CC(C)C(C(C)C)C(NN)C1CCCC(S(C)(=O)=O)C1. The first-order valence-electron chi connectivity index (χ1n) is 7.83. The number of hydrazine groups is 1. The van der Waals surface area contributed by atoms with Crippen molar-refractivity contribution in [2.45, 2.75) is 64.7 Å². The minimum Gasteiger partial charge on any atom is -0.271 e. The molecule has 1 fully saturated rings. The lowest BCUT2D eigenvalue weighted by atomic mass is 9.71. The fourth-order valence-electron chi connectivity index (χ4n) is 4.06. The molecule has 0 bridgehead atoms. The van der Waals surface area contributed by atoms with Crippen LogP contribution in [0.15, 0.2) is 0 Å². The first-order valence-corrected chi connectivity index (χ1v) is 9.78. The first-order chi connectivity index (χ1) is 9.18. The Morgan fingerprint density at radius 2 is 1.65 bits per heavy atom. The highest BCUT2D eigenvalue weighted by Gasteiger charge is 2.37. The molecule has 4 nitrogen and oxygen atoms in total. The van der Waals surface area contributed by atoms with Crippen LogP contribution in [0.5, 0.6) is 0 Å². The lowest BCUT2D eigenvalue weighted by molar-refractivity contribution is 0.135. The van der Waals surface area contributed by atoms with Gasteiger partial charge in [0.1, 0.15) is 9.84 Å². The van der Waals surface area contributed by atoms with Gasteiger partial charge in [-0.3, -0.25) is 11.3 Å². The summed E-state index contributed by atoms with van der Waals surface area (Å²) in [6, 6.07) is 0.208. The van der Waals surface area contributed by atoms with Crippen molar-refractivity contribution in [2.75, 3.05) is 6.26 Å². The molecule has 3 N–H and O–H groups in total. The number of hydrogen-bond donors (Lipinski definition) is 2. The van der Waals surface area contributed by atoms with Crippen molar-refractivity contribution in [3.05, 3.63) is 0 Å². The summed E-state index contributed by atoms with van der Waals surface area (Å²) in [5.41, 5.74) is 3.01. The van der Waals surface area contributed by atoms with Gasteiger partial charge in [-0.05, 0) is 42.9 Å². The van der Waals surface area contributed by atoms with Gasteiger partial charge in [-0.2, -0.15) is 0 Å². The third-order valence-electron chi connectivity index (χ3n) is 4.93. The van der Waals surface area contributed by atoms with Gasteiger partial charge < -0.3 is 0 Å². The molecule has 0 radical (unpaired) electrons. The molecule has 0 aromatic carbocycles. The number of sulfone groups is 1. The first kappa shape index (κ1) is 17.9. The van der Waals surface area contributed by atoms with E-state index in [0.29, 0.717) is 23.7 Å². The van der Waals surface area contributed by atoms with E-state index in [4.69, 9.17) is 5.84 Å². The van der Waals surface area contributed by atoms with Crippen molar-refractivity contribution < 1.29 is 8.42 Å². The molecule has 1 aliphatic rings. The minimum atomic E-state index is -2.94. The van der Waals surface area contributed by atoms with Crippen molar-refractivity contribution >= 4 is 9.84 Å². The second-order valence-corrected chi connectivity index (χ2v) is 9.46. The zero-order chi connectivity index (χ0) is 15.5. The molecule has 0 aromatic heterocycles. The van der Waals surface area contributed by atoms with Crippen molar-refractivity contribution in [1.82, 2.24) is 5.43 Å². The van der Waals surface area contributed by atoms with Gasteiger partial charge in [0, 0.05) is 12.3 Å². The monoisotopic (exact) mass is 304 g/mol. The van der Waals surface area contributed by atoms with Crippen molar-refractivity contribution in [1.29, 1.82) is 0 Å². The van der Waals surface area contributed by atoms with Crippen LogP contribution in [0.2, 0.25) is 0 Å². The Labute approximate surface area is 124 Å². The fraction of sp³-hybridized carbons (Fsp3) is 1.00. The normalized spacial score (nSPS) is 26.4. The van der Waals surface area contributed by atoms with Gasteiger partial charge in [0.2, 0.25) is 0 Å². The van der Waals surface area contributed by atoms with Gasteiger partial charge in [-0.1, -0.05) is 34.1 Å². The maximum atomic E-state index is 11.8. The van der Waals surface area contributed by atoms with Crippen LogP contribution in [-0.2, 0) is 9.84 Å². The summed E-state index contributed by atoms with van der Waals surface area (Å²) in [6.45, 7) is 8.91. The molecule has 0 amide bonds. The Kier molecular flexibility index (Phi) is 6.48. The van der Waals surface area contributed by atoms with Crippen LogP contribution in [0.1, 0.15) is 53.4 Å². The number of rotatable bonds is 6. The molecule has 3 unspecified atom stereocenters. The predicted octanol–water partition coefficient (Wildman–Crippen LogP) is 2.35. The van der Waals surface area contributed by atoms with E-state index in [9.17, 15) is 8.42 Å². The van der Waals surface area contributed by atoms with Gasteiger partial charge in [0.25, 0.3) is 0 Å². The third-order valence-corrected chi connectivity index (χ3v) is 6.57. The summed E-state index contributed by atoms with van der Waals surface area (Å²) in [7, 11) is -2.94. The number of nitrogens with two attached hydrogens (primary N) is 1. The Bertz CT molecular complexity index is 385. The lowest BCUT2D eigenvalue weighted by Crippen LogP contribution is -2.51. The van der Waals surface area contributed by atoms with Crippen LogP contribution < -0.4 is 11.3 Å². The predicted molar refractivity (Wildman–Crippen MR) is 84.9 cm³/mol. The van der Waals surface area contributed by atoms with E-state index < -0.39 is 9.84 Å². The van der Waals surface area contributed by atoms with Crippen LogP contribution in [0.3, 0.4) is 0 Å². The quantitative estimate of drug-likeness (QED) is 0.583. The fourth-order valence-corrected chi connectivity index (χ4v) is 5.25. The molecule has 1 aliphatic carbocycles. The van der Waals surface area contributed by atoms with E-state index >= 15 is 0 Å². The van der Waals surface area contributed by atoms with Crippen LogP contribution in [0.4, 0.5) is 0 Å². The summed E-state index contributed by atoms with van der Waals surface area (Å²) in [4.78, 5) is 0. The molecular weight excluding hydrogens is 272 g/mol. The maximum absolute atomic E-state index is 11.8. The molecule has 0 aromatic rings. The van der Waals surface area contributed by atoms with Crippen LogP contribution in [0.25, 0.3) is 0 Å². The standard InChI is InChI=1S/C15H32N2O2S/c1-10(2)14(11(3)4)15(17-16)12-7-6-8-13(9-12)20(5,18)19/h10-15,17H,6-9,16H2,1-5H3. The zero-order valence-corrected chi connectivity index (χ0v) is 14.4. The van der Waals surface area contributed by atoms with E-state index in [1.54, 1.807) is 0 Å². The number of hydrogen-bond acceptors (Lipinski definition) is 4.